The lowest BCUT2D eigenvalue weighted by molar-refractivity contribution is 0.0951. The molecule has 4 rings (SSSR count). The van der Waals surface area contributed by atoms with Crippen LogP contribution in [0.4, 0.5) is 5.69 Å². The normalized spacial score (nSPS) is 14.3. The molecule has 1 heterocycles. The van der Waals surface area contributed by atoms with E-state index in [1.165, 1.54) is 24.9 Å². The van der Waals surface area contributed by atoms with Crippen molar-refractivity contribution in [1.82, 2.24) is 10.3 Å². The van der Waals surface area contributed by atoms with Gasteiger partial charge in [0.1, 0.15) is 0 Å². The van der Waals surface area contributed by atoms with Crippen LogP contribution in [-0.4, -0.2) is 23.5 Å². The van der Waals surface area contributed by atoms with Crippen LogP contribution < -0.4 is 10.2 Å². The van der Waals surface area contributed by atoms with Crippen molar-refractivity contribution >= 4 is 11.6 Å². The van der Waals surface area contributed by atoms with Crippen LogP contribution in [0.2, 0.25) is 0 Å². The molecule has 1 amide bonds. The third kappa shape index (κ3) is 4.16. The number of anilines is 1. The number of rotatable bonds is 7. The second-order valence-corrected chi connectivity index (χ2v) is 7.81. The predicted octanol–water partition coefficient (Wildman–Crippen LogP) is 5.06. The van der Waals surface area contributed by atoms with Gasteiger partial charge in [-0.25, -0.2) is 0 Å². The monoisotopic (exact) mass is 385 g/mol. The largest absolute Gasteiger partial charge is 0.369 e. The Bertz CT molecular complexity index is 961. The summed E-state index contributed by atoms with van der Waals surface area (Å²) in [7, 11) is 2.20. The highest BCUT2D eigenvalue weighted by atomic mass is 16.1. The van der Waals surface area contributed by atoms with Gasteiger partial charge in [0.05, 0.1) is 0 Å². The average molecular weight is 386 g/mol. The van der Waals surface area contributed by atoms with Gasteiger partial charge in [-0.15, -0.1) is 0 Å². The first-order valence-corrected chi connectivity index (χ1v) is 10.2. The number of carbonyl (C=O) groups is 1. The second kappa shape index (κ2) is 8.08. The number of aromatic nitrogens is 1. The van der Waals surface area contributed by atoms with E-state index >= 15 is 0 Å². The average Bonchev–Trinajstić information content (AvgIpc) is 3.59. The fourth-order valence-electron chi connectivity index (χ4n) is 3.82. The number of carbonyl (C=O) groups excluding carboxylic acids is 1. The van der Waals surface area contributed by atoms with Gasteiger partial charge in [0.15, 0.2) is 0 Å². The summed E-state index contributed by atoms with van der Waals surface area (Å²) in [6.07, 6.45) is 7.24. The molecule has 148 valence electrons. The summed E-state index contributed by atoms with van der Waals surface area (Å²) in [5, 5.41) is 2.94. The SMILES string of the molecule is CCC1(N(C)c2ccc(-c3ccc(C(=O)NCc4cccnc4)cc3)cc2)CC1. The molecule has 1 aliphatic carbocycles. The molecule has 0 atom stereocenters. The summed E-state index contributed by atoms with van der Waals surface area (Å²) < 4.78 is 0. The lowest BCUT2D eigenvalue weighted by atomic mass is 10.0. The van der Waals surface area contributed by atoms with Crippen molar-refractivity contribution in [2.24, 2.45) is 0 Å². The fraction of sp³-hybridized carbons (Fsp3) is 0.280. The quantitative estimate of drug-likeness (QED) is 0.618. The Morgan fingerprint density at radius 3 is 2.24 bits per heavy atom. The van der Waals surface area contributed by atoms with Crippen LogP contribution in [-0.2, 0) is 6.54 Å². The third-order valence-corrected chi connectivity index (χ3v) is 6.11. The molecular weight excluding hydrogens is 358 g/mol. The number of nitrogens with one attached hydrogen (secondary N) is 1. The maximum atomic E-state index is 12.4. The summed E-state index contributed by atoms with van der Waals surface area (Å²) in [5.41, 5.74) is 5.54. The van der Waals surface area contributed by atoms with Crippen molar-refractivity contribution in [1.29, 1.82) is 0 Å². The van der Waals surface area contributed by atoms with E-state index in [-0.39, 0.29) is 5.91 Å². The molecule has 1 aromatic heterocycles. The van der Waals surface area contributed by atoms with Crippen LogP contribution in [0.25, 0.3) is 11.1 Å². The second-order valence-electron chi connectivity index (χ2n) is 7.81. The first kappa shape index (κ1) is 19.2. The molecule has 29 heavy (non-hydrogen) atoms. The lowest BCUT2D eigenvalue weighted by Crippen LogP contribution is -2.32. The van der Waals surface area contributed by atoms with Crippen LogP contribution >= 0.6 is 0 Å². The highest BCUT2D eigenvalue weighted by Gasteiger charge is 2.44. The number of benzene rings is 2. The molecule has 0 aliphatic heterocycles. The van der Waals surface area contributed by atoms with Crippen LogP contribution in [0, 0.1) is 0 Å². The maximum Gasteiger partial charge on any atom is 0.251 e. The number of hydrogen-bond donors (Lipinski definition) is 1. The van der Waals surface area contributed by atoms with Crippen molar-refractivity contribution in [3.8, 4) is 11.1 Å². The lowest BCUT2D eigenvalue weighted by Gasteiger charge is -2.29. The van der Waals surface area contributed by atoms with Gasteiger partial charge in [-0.05, 0) is 66.3 Å². The van der Waals surface area contributed by atoms with Crippen molar-refractivity contribution < 1.29 is 4.79 Å². The summed E-state index contributed by atoms with van der Waals surface area (Å²) in [4.78, 5) is 18.9. The minimum absolute atomic E-state index is 0.0772. The van der Waals surface area contributed by atoms with E-state index in [1.807, 2.05) is 36.4 Å². The van der Waals surface area contributed by atoms with Gasteiger partial charge in [0, 0.05) is 42.8 Å². The predicted molar refractivity (Wildman–Crippen MR) is 118 cm³/mol. The molecule has 1 fully saturated rings. The number of pyridine rings is 1. The van der Waals surface area contributed by atoms with Crippen LogP contribution in [0.5, 0.6) is 0 Å². The van der Waals surface area contributed by atoms with Crippen molar-refractivity contribution in [3.05, 3.63) is 84.2 Å². The Kier molecular flexibility index (Phi) is 5.34. The van der Waals surface area contributed by atoms with E-state index in [9.17, 15) is 4.79 Å². The number of hydrogen-bond acceptors (Lipinski definition) is 3. The number of nitrogens with zero attached hydrogens (tertiary/aromatic N) is 2. The first-order chi connectivity index (χ1) is 14.1. The highest BCUT2D eigenvalue weighted by molar-refractivity contribution is 5.94. The Labute approximate surface area is 172 Å². The van der Waals surface area contributed by atoms with E-state index in [4.69, 9.17) is 0 Å². The molecule has 1 aliphatic rings. The van der Waals surface area contributed by atoms with Gasteiger partial charge < -0.3 is 10.2 Å². The van der Waals surface area contributed by atoms with Crippen molar-refractivity contribution in [3.63, 3.8) is 0 Å². The van der Waals surface area contributed by atoms with Crippen LogP contribution in [0.3, 0.4) is 0 Å². The molecule has 1 saturated carbocycles. The molecule has 0 saturated heterocycles. The zero-order chi connectivity index (χ0) is 20.3. The van der Waals surface area contributed by atoms with Gasteiger partial charge >= 0.3 is 0 Å². The van der Waals surface area contributed by atoms with Gasteiger partial charge in [0.25, 0.3) is 5.91 Å². The Hall–Kier alpha value is -3.14. The molecule has 0 spiro atoms. The molecule has 4 heteroatoms. The molecule has 0 radical (unpaired) electrons. The molecule has 3 aromatic rings. The van der Waals surface area contributed by atoms with E-state index in [1.54, 1.807) is 12.4 Å². The van der Waals surface area contributed by atoms with Gasteiger partial charge in [-0.1, -0.05) is 37.3 Å². The van der Waals surface area contributed by atoms with Crippen LogP contribution in [0.15, 0.2) is 73.1 Å². The smallest absolute Gasteiger partial charge is 0.251 e. The minimum atomic E-state index is -0.0772. The molecule has 2 aromatic carbocycles. The third-order valence-electron chi connectivity index (χ3n) is 6.11. The number of amides is 1. The first-order valence-electron chi connectivity index (χ1n) is 10.2. The van der Waals surface area contributed by atoms with Crippen LogP contribution in [0.1, 0.15) is 42.1 Å². The molecular formula is C25H27N3O. The van der Waals surface area contributed by atoms with Crippen molar-refractivity contribution in [2.45, 2.75) is 38.3 Å². The zero-order valence-corrected chi connectivity index (χ0v) is 17.1. The van der Waals surface area contributed by atoms with E-state index < -0.39 is 0 Å². The van der Waals surface area contributed by atoms with E-state index in [2.05, 4.69) is 53.4 Å². The van der Waals surface area contributed by atoms with Crippen molar-refractivity contribution in [2.75, 3.05) is 11.9 Å². The maximum absolute atomic E-state index is 12.4. The topological polar surface area (TPSA) is 45.2 Å². The Morgan fingerprint density at radius 1 is 1.03 bits per heavy atom. The Balaban J connectivity index is 1.40. The highest BCUT2D eigenvalue weighted by Crippen LogP contribution is 2.45. The minimum Gasteiger partial charge on any atom is -0.369 e. The Morgan fingerprint density at radius 2 is 1.69 bits per heavy atom. The summed E-state index contributed by atoms with van der Waals surface area (Å²) in [6, 6.07) is 20.3. The van der Waals surface area contributed by atoms with Gasteiger partial charge in [0.2, 0.25) is 0 Å². The fourth-order valence-corrected chi connectivity index (χ4v) is 3.82. The molecule has 4 nitrogen and oxygen atoms in total. The molecule has 0 unspecified atom stereocenters. The summed E-state index contributed by atoms with van der Waals surface area (Å²) >= 11 is 0. The standard InChI is InChI=1S/C25H27N3O/c1-3-25(14-15-25)28(2)23-12-10-21(11-13-23)20-6-8-22(9-7-20)24(29)27-18-19-5-4-16-26-17-19/h4-13,16-17H,3,14-15,18H2,1-2H3,(H,27,29). The molecule has 1 N–H and O–H groups in total. The van der Waals surface area contributed by atoms with Gasteiger partial charge in [-0.2, -0.15) is 0 Å². The van der Waals surface area contributed by atoms with E-state index in [0.717, 1.165) is 16.7 Å². The summed E-state index contributed by atoms with van der Waals surface area (Å²) in [5.74, 6) is -0.0772. The van der Waals surface area contributed by atoms with E-state index in [0.29, 0.717) is 17.6 Å². The summed E-state index contributed by atoms with van der Waals surface area (Å²) in [6.45, 7) is 2.75. The van der Waals surface area contributed by atoms with Gasteiger partial charge in [-0.3, -0.25) is 9.78 Å². The molecule has 0 bridgehead atoms. The zero-order valence-electron chi connectivity index (χ0n) is 17.1.